The zero-order chi connectivity index (χ0) is 16.4. The van der Waals surface area contributed by atoms with Crippen LogP contribution in [0, 0.1) is 6.92 Å². The first kappa shape index (κ1) is 16.0. The number of ether oxygens (including phenoxy) is 1. The van der Waals surface area contributed by atoms with E-state index in [0.717, 1.165) is 42.6 Å². The molecule has 1 fully saturated rings. The van der Waals surface area contributed by atoms with E-state index in [2.05, 4.69) is 22.4 Å². The fourth-order valence-electron chi connectivity index (χ4n) is 3.02. The number of nitrogens with zero attached hydrogens (tertiary/aromatic N) is 3. The van der Waals surface area contributed by atoms with Crippen LogP contribution in [0.2, 0.25) is 0 Å². The maximum atomic E-state index is 12.5. The quantitative estimate of drug-likeness (QED) is 0.924. The first-order chi connectivity index (χ1) is 11.0. The van der Waals surface area contributed by atoms with Gasteiger partial charge < -0.3 is 15.0 Å². The van der Waals surface area contributed by atoms with E-state index in [1.165, 1.54) is 0 Å². The van der Waals surface area contributed by atoms with Crippen LogP contribution in [0.4, 0.5) is 0 Å². The third-order valence-corrected chi connectivity index (χ3v) is 4.31. The number of amides is 1. The molecule has 0 saturated carbocycles. The van der Waals surface area contributed by atoms with Gasteiger partial charge in [-0.2, -0.15) is 5.10 Å². The van der Waals surface area contributed by atoms with E-state index in [1.807, 2.05) is 32.2 Å². The first-order valence-corrected chi connectivity index (χ1v) is 8.06. The van der Waals surface area contributed by atoms with Crippen LogP contribution in [-0.4, -0.2) is 60.0 Å². The van der Waals surface area contributed by atoms with Crippen molar-refractivity contribution in [2.45, 2.75) is 19.4 Å². The van der Waals surface area contributed by atoms with Crippen molar-refractivity contribution < 1.29 is 9.53 Å². The van der Waals surface area contributed by atoms with E-state index in [-0.39, 0.29) is 12.0 Å². The summed E-state index contributed by atoms with van der Waals surface area (Å²) in [5.74, 6) is -0.120. The predicted molar refractivity (Wildman–Crippen MR) is 89.6 cm³/mol. The lowest BCUT2D eigenvalue weighted by Crippen LogP contribution is -2.41. The molecule has 1 amide bonds. The number of aromatic nitrogens is 2. The lowest BCUT2D eigenvalue weighted by molar-refractivity contribution is -0.0226. The van der Waals surface area contributed by atoms with Gasteiger partial charge in [0.05, 0.1) is 18.2 Å². The maximum Gasteiger partial charge on any atom is 0.272 e. The molecule has 0 bridgehead atoms. The highest BCUT2D eigenvalue weighted by Crippen LogP contribution is 2.19. The minimum atomic E-state index is -0.120. The van der Waals surface area contributed by atoms with Crippen LogP contribution in [0.1, 0.15) is 22.5 Å². The number of hydrogen-bond donors (Lipinski definition) is 1. The second-order valence-electron chi connectivity index (χ2n) is 6.29. The Balaban J connectivity index is 1.63. The van der Waals surface area contributed by atoms with Gasteiger partial charge in [-0.15, -0.1) is 0 Å². The van der Waals surface area contributed by atoms with Gasteiger partial charge >= 0.3 is 0 Å². The van der Waals surface area contributed by atoms with Gasteiger partial charge in [0.15, 0.2) is 5.69 Å². The lowest BCUT2D eigenvalue weighted by atomic mass is 10.1. The van der Waals surface area contributed by atoms with Crippen LogP contribution in [0.15, 0.2) is 18.2 Å². The van der Waals surface area contributed by atoms with Gasteiger partial charge in [0, 0.05) is 32.1 Å². The molecule has 2 heterocycles. The normalized spacial score (nSPS) is 19.2. The molecular formula is C17H24N4O2. The van der Waals surface area contributed by atoms with Crippen LogP contribution in [0.25, 0.3) is 10.9 Å². The molecule has 1 aromatic carbocycles. The van der Waals surface area contributed by atoms with Crippen molar-refractivity contribution in [3.05, 3.63) is 29.5 Å². The number of carbonyl (C=O) groups excluding carboxylic acids is 1. The average molecular weight is 316 g/mol. The Bertz CT molecular complexity index is 710. The number of aryl methyl sites for hydroxylation is 2. The van der Waals surface area contributed by atoms with Gasteiger partial charge in [-0.05, 0) is 32.5 Å². The summed E-state index contributed by atoms with van der Waals surface area (Å²) in [5, 5.41) is 8.25. The highest BCUT2D eigenvalue weighted by Gasteiger charge is 2.19. The standard InChI is InChI=1S/C17H24N4O2/c1-12-4-5-15-14(10-12)16(19-21(15)3)17(22)18-7-6-13-11-20(2)8-9-23-13/h4-5,10,13H,6-9,11H2,1-3H3,(H,18,22)/t13-/m1/s1. The number of hydrogen-bond acceptors (Lipinski definition) is 4. The number of benzene rings is 1. The summed E-state index contributed by atoms with van der Waals surface area (Å²) >= 11 is 0. The summed E-state index contributed by atoms with van der Waals surface area (Å²) in [6, 6.07) is 6.04. The van der Waals surface area contributed by atoms with Gasteiger partial charge in [-0.25, -0.2) is 0 Å². The van der Waals surface area contributed by atoms with Gasteiger partial charge in [-0.3, -0.25) is 9.48 Å². The molecule has 1 aliphatic rings. The first-order valence-electron chi connectivity index (χ1n) is 8.06. The van der Waals surface area contributed by atoms with Gasteiger partial charge in [0.25, 0.3) is 5.91 Å². The van der Waals surface area contributed by atoms with Crippen molar-refractivity contribution in [2.75, 3.05) is 33.3 Å². The fourth-order valence-corrected chi connectivity index (χ4v) is 3.02. The number of likely N-dealkylation sites (N-methyl/N-ethyl adjacent to an activating group) is 1. The molecule has 124 valence electrons. The summed E-state index contributed by atoms with van der Waals surface area (Å²) in [6.07, 6.45) is 1.01. The molecule has 2 aromatic rings. The molecule has 0 spiro atoms. The molecule has 1 atom stereocenters. The summed E-state index contributed by atoms with van der Waals surface area (Å²) in [4.78, 5) is 14.7. The van der Waals surface area contributed by atoms with Crippen LogP contribution >= 0.6 is 0 Å². The van der Waals surface area contributed by atoms with Crippen molar-refractivity contribution in [1.82, 2.24) is 20.0 Å². The summed E-state index contributed by atoms with van der Waals surface area (Å²) in [5.41, 5.74) is 2.59. The average Bonchev–Trinajstić information content (AvgIpc) is 2.84. The van der Waals surface area contributed by atoms with E-state index in [4.69, 9.17) is 4.74 Å². The minimum Gasteiger partial charge on any atom is -0.375 e. The van der Waals surface area contributed by atoms with Crippen LogP contribution in [-0.2, 0) is 11.8 Å². The largest absolute Gasteiger partial charge is 0.375 e. The second-order valence-corrected chi connectivity index (χ2v) is 6.29. The predicted octanol–water partition coefficient (Wildman–Crippen LogP) is 1.33. The topological polar surface area (TPSA) is 59.4 Å². The highest BCUT2D eigenvalue weighted by atomic mass is 16.5. The molecule has 3 rings (SSSR count). The molecule has 23 heavy (non-hydrogen) atoms. The van der Waals surface area contributed by atoms with E-state index < -0.39 is 0 Å². The van der Waals surface area contributed by atoms with E-state index in [0.29, 0.717) is 12.2 Å². The number of carbonyl (C=O) groups is 1. The van der Waals surface area contributed by atoms with Gasteiger partial charge in [0.2, 0.25) is 0 Å². The summed E-state index contributed by atoms with van der Waals surface area (Å²) in [6.45, 7) is 5.27. The SMILES string of the molecule is Cc1ccc2c(c1)c(C(=O)NCC[C@@H]1CN(C)CCO1)nn2C. The molecule has 1 aromatic heterocycles. The third-order valence-electron chi connectivity index (χ3n) is 4.31. The van der Waals surface area contributed by atoms with Crippen LogP contribution < -0.4 is 5.32 Å². The van der Waals surface area contributed by atoms with Crippen molar-refractivity contribution >= 4 is 16.8 Å². The second kappa shape index (κ2) is 6.68. The van der Waals surface area contributed by atoms with Crippen LogP contribution in [0.3, 0.4) is 0 Å². The molecule has 1 N–H and O–H groups in total. The Morgan fingerprint density at radius 3 is 3.04 bits per heavy atom. The number of rotatable bonds is 4. The molecule has 6 nitrogen and oxygen atoms in total. The monoisotopic (exact) mass is 316 g/mol. The molecular weight excluding hydrogens is 292 g/mol. The summed E-state index contributed by atoms with van der Waals surface area (Å²) in [7, 11) is 3.95. The number of morpholine rings is 1. The number of nitrogens with one attached hydrogen (secondary N) is 1. The zero-order valence-corrected chi connectivity index (χ0v) is 14.0. The van der Waals surface area contributed by atoms with E-state index in [9.17, 15) is 4.79 Å². The maximum absolute atomic E-state index is 12.5. The van der Waals surface area contributed by atoms with Gasteiger partial charge in [0.1, 0.15) is 0 Å². The third kappa shape index (κ3) is 3.54. The van der Waals surface area contributed by atoms with Crippen LogP contribution in [0.5, 0.6) is 0 Å². The fraction of sp³-hybridized carbons (Fsp3) is 0.529. The lowest BCUT2D eigenvalue weighted by Gasteiger charge is -2.30. The molecule has 6 heteroatoms. The van der Waals surface area contributed by atoms with E-state index in [1.54, 1.807) is 4.68 Å². The Morgan fingerprint density at radius 2 is 2.26 bits per heavy atom. The van der Waals surface area contributed by atoms with Crippen molar-refractivity contribution in [3.63, 3.8) is 0 Å². The molecule has 0 aliphatic carbocycles. The number of fused-ring (bicyclic) bond motifs is 1. The Hall–Kier alpha value is -1.92. The minimum absolute atomic E-state index is 0.120. The highest BCUT2D eigenvalue weighted by molar-refractivity contribution is 6.05. The molecule has 1 saturated heterocycles. The zero-order valence-electron chi connectivity index (χ0n) is 14.0. The summed E-state index contributed by atoms with van der Waals surface area (Å²) < 4.78 is 7.47. The molecule has 0 radical (unpaired) electrons. The van der Waals surface area contributed by atoms with Crippen molar-refractivity contribution in [3.8, 4) is 0 Å². The Labute approximate surface area is 136 Å². The van der Waals surface area contributed by atoms with Gasteiger partial charge in [-0.1, -0.05) is 11.6 Å². The Morgan fingerprint density at radius 1 is 1.43 bits per heavy atom. The smallest absolute Gasteiger partial charge is 0.272 e. The van der Waals surface area contributed by atoms with Crippen molar-refractivity contribution in [1.29, 1.82) is 0 Å². The van der Waals surface area contributed by atoms with E-state index >= 15 is 0 Å². The van der Waals surface area contributed by atoms with Crippen molar-refractivity contribution in [2.24, 2.45) is 7.05 Å². The Kier molecular flexibility index (Phi) is 4.63. The molecule has 0 unspecified atom stereocenters. The molecule has 1 aliphatic heterocycles.